The Labute approximate surface area is 163 Å². The van der Waals surface area contributed by atoms with Crippen LogP contribution in [-0.4, -0.2) is 38.1 Å². The first kappa shape index (κ1) is 19.5. The van der Waals surface area contributed by atoms with Crippen molar-refractivity contribution in [1.29, 1.82) is 0 Å². The molecular weight excluding hydrogens is 362 g/mol. The van der Waals surface area contributed by atoms with Crippen LogP contribution in [0, 0.1) is 10.1 Å². The number of anilines is 1. The number of hydrogen-bond donors (Lipinski definition) is 1. The molecule has 8 nitrogen and oxygen atoms in total. The van der Waals surface area contributed by atoms with E-state index in [1.54, 1.807) is 44.4 Å². The van der Waals surface area contributed by atoms with Crippen molar-refractivity contribution in [3.05, 3.63) is 57.6 Å². The number of carbonyl (C=O) groups is 1. The molecule has 0 atom stereocenters. The Hall–Kier alpha value is -3.29. The standard InChI is InChI=1S/C20H23N3O5/c1-22(12-14-4-8-16(27-2)11-19(14)28-3)17-9-5-13(10-18(17)23(25)26)20(24)21-15-6-7-15/h4-5,8-11,15H,6-7,12H2,1-3H3,(H,21,24). The third kappa shape index (κ3) is 4.33. The Balaban J connectivity index is 1.85. The summed E-state index contributed by atoms with van der Waals surface area (Å²) in [4.78, 5) is 25.1. The van der Waals surface area contributed by atoms with Gasteiger partial charge < -0.3 is 19.7 Å². The molecule has 1 N–H and O–H groups in total. The highest BCUT2D eigenvalue weighted by Crippen LogP contribution is 2.32. The van der Waals surface area contributed by atoms with Gasteiger partial charge in [-0.2, -0.15) is 0 Å². The number of nitro benzene ring substituents is 1. The Morgan fingerprint density at radius 3 is 2.57 bits per heavy atom. The van der Waals surface area contributed by atoms with Crippen LogP contribution >= 0.6 is 0 Å². The molecule has 1 aliphatic rings. The third-order valence-electron chi connectivity index (χ3n) is 4.66. The van der Waals surface area contributed by atoms with Gasteiger partial charge in [-0.3, -0.25) is 14.9 Å². The van der Waals surface area contributed by atoms with Crippen LogP contribution in [0.15, 0.2) is 36.4 Å². The number of amides is 1. The first-order chi connectivity index (χ1) is 13.4. The zero-order valence-electron chi connectivity index (χ0n) is 16.1. The van der Waals surface area contributed by atoms with Crippen LogP contribution in [0.3, 0.4) is 0 Å². The van der Waals surface area contributed by atoms with Gasteiger partial charge in [0.25, 0.3) is 11.6 Å². The summed E-state index contributed by atoms with van der Waals surface area (Å²) < 4.78 is 10.6. The van der Waals surface area contributed by atoms with Crippen LogP contribution in [0.5, 0.6) is 11.5 Å². The van der Waals surface area contributed by atoms with Gasteiger partial charge >= 0.3 is 0 Å². The van der Waals surface area contributed by atoms with Gasteiger partial charge in [0.2, 0.25) is 0 Å². The number of ether oxygens (including phenoxy) is 2. The molecule has 3 rings (SSSR count). The first-order valence-electron chi connectivity index (χ1n) is 8.94. The molecule has 1 aliphatic carbocycles. The molecule has 0 heterocycles. The SMILES string of the molecule is COc1ccc(CN(C)c2ccc(C(=O)NC3CC3)cc2[N+](=O)[O-])c(OC)c1. The van der Waals surface area contributed by atoms with Gasteiger partial charge in [-0.25, -0.2) is 0 Å². The van der Waals surface area contributed by atoms with Gasteiger partial charge in [0.05, 0.1) is 19.1 Å². The van der Waals surface area contributed by atoms with Crippen molar-refractivity contribution in [3.63, 3.8) is 0 Å². The van der Waals surface area contributed by atoms with Crippen LogP contribution in [0.4, 0.5) is 11.4 Å². The van der Waals surface area contributed by atoms with Crippen molar-refractivity contribution in [2.45, 2.75) is 25.4 Å². The summed E-state index contributed by atoms with van der Waals surface area (Å²) in [5.74, 6) is 1.02. The highest BCUT2D eigenvalue weighted by Gasteiger charge is 2.26. The Kier molecular flexibility index (Phi) is 5.67. The molecule has 0 saturated heterocycles. The minimum Gasteiger partial charge on any atom is -0.497 e. The lowest BCUT2D eigenvalue weighted by atomic mass is 10.1. The second kappa shape index (κ2) is 8.16. The molecule has 0 spiro atoms. The van der Waals surface area contributed by atoms with Gasteiger partial charge in [-0.15, -0.1) is 0 Å². The second-order valence-electron chi connectivity index (χ2n) is 6.74. The fourth-order valence-corrected chi connectivity index (χ4v) is 2.95. The minimum atomic E-state index is -0.467. The lowest BCUT2D eigenvalue weighted by Crippen LogP contribution is -2.25. The van der Waals surface area contributed by atoms with Crippen LogP contribution < -0.4 is 19.7 Å². The average Bonchev–Trinajstić information content (AvgIpc) is 3.51. The number of benzene rings is 2. The van der Waals surface area contributed by atoms with Crippen LogP contribution in [0.1, 0.15) is 28.8 Å². The lowest BCUT2D eigenvalue weighted by molar-refractivity contribution is -0.384. The van der Waals surface area contributed by atoms with Gasteiger partial charge in [-0.1, -0.05) is 0 Å². The van der Waals surface area contributed by atoms with E-state index in [2.05, 4.69) is 5.32 Å². The summed E-state index contributed by atoms with van der Waals surface area (Å²) in [6.07, 6.45) is 1.91. The van der Waals surface area contributed by atoms with E-state index in [0.717, 1.165) is 18.4 Å². The number of rotatable bonds is 8. The first-order valence-corrected chi connectivity index (χ1v) is 8.94. The molecule has 2 aromatic carbocycles. The van der Waals surface area contributed by atoms with Gasteiger partial charge in [0, 0.05) is 42.9 Å². The molecule has 0 radical (unpaired) electrons. The normalized spacial score (nSPS) is 13.0. The monoisotopic (exact) mass is 385 g/mol. The van der Waals surface area contributed by atoms with Gasteiger partial charge in [0.1, 0.15) is 17.2 Å². The topological polar surface area (TPSA) is 93.9 Å². The zero-order chi connectivity index (χ0) is 20.3. The quantitative estimate of drug-likeness (QED) is 0.554. The number of hydrogen-bond acceptors (Lipinski definition) is 6. The van der Waals surface area contributed by atoms with Crippen LogP contribution in [0.25, 0.3) is 0 Å². The predicted molar refractivity (Wildman–Crippen MR) is 105 cm³/mol. The van der Waals surface area contributed by atoms with Crippen molar-refractivity contribution in [2.75, 3.05) is 26.2 Å². The van der Waals surface area contributed by atoms with E-state index < -0.39 is 4.92 Å². The fraction of sp³-hybridized carbons (Fsp3) is 0.350. The summed E-state index contributed by atoms with van der Waals surface area (Å²) >= 11 is 0. The van der Waals surface area contributed by atoms with Crippen molar-refractivity contribution >= 4 is 17.3 Å². The maximum Gasteiger partial charge on any atom is 0.293 e. The highest BCUT2D eigenvalue weighted by atomic mass is 16.6. The fourth-order valence-electron chi connectivity index (χ4n) is 2.95. The minimum absolute atomic E-state index is 0.113. The molecule has 0 aromatic heterocycles. The summed E-state index contributed by atoms with van der Waals surface area (Å²) in [5, 5.41) is 14.4. The van der Waals surface area contributed by atoms with Gasteiger partial charge in [0.15, 0.2) is 0 Å². The van der Waals surface area contributed by atoms with Crippen LogP contribution in [0.2, 0.25) is 0 Å². The summed E-state index contributed by atoms with van der Waals surface area (Å²) in [7, 11) is 4.90. The lowest BCUT2D eigenvalue weighted by Gasteiger charge is -2.21. The Morgan fingerprint density at radius 2 is 1.96 bits per heavy atom. The summed E-state index contributed by atoms with van der Waals surface area (Å²) in [6.45, 7) is 0.391. The number of nitro groups is 1. The second-order valence-corrected chi connectivity index (χ2v) is 6.74. The van der Waals surface area contributed by atoms with Crippen molar-refractivity contribution in [2.24, 2.45) is 0 Å². The van der Waals surface area contributed by atoms with E-state index in [0.29, 0.717) is 23.7 Å². The molecule has 8 heteroatoms. The van der Waals surface area contributed by atoms with E-state index in [4.69, 9.17) is 9.47 Å². The number of carbonyl (C=O) groups excluding carboxylic acids is 1. The maximum absolute atomic E-state index is 12.2. The van der Waals surface area contributed by atoms with E-state index in [9.17, 15) is 14.9 Å². The highest BCUT2D eigenvalue weighted by molar-refractivity contribution is 5.96. The third-order valence-corrected chi connectivity index (χ3v) is 4.66. The molecule has 1 fully saturated rings. The van der Waals surface area contributed by atoms with E-state index in [1.165, 1.54) is 6.07 Å². The van der Waals surface area contributed by atoms with E-state index in [-0.39, 0.29) is 23.2 Å². The number of nitrogens with one attached hydrogen (secondary N) is 1. The van der Waals surface area contributed by atoms with Crippen molar-refractivity contribution in [3.8, 4) is 11.5 Å². The maximum atomic E-state index is 12.2. The smallest absolute Gasteiger partial charge is 0.293 e. The predicted octanol–water partition coefficient (Wildman–Crippen LogP) is 3.14. The van der Waals surface area contributed by atoms with Crippen LogP contribution in [-0.2, 0) is 6.54 Å². The van der Waals surface area contributed by atoms with Crippen molar-refractivity contribution in [1.82, 2.24) is 5.32 Å². The molecule has 1 amide bonds. The van der Waals surface area contributed by atoms with Crippen molar-refractivity contribution < 1.29 is 19.2 Å². The van der Waals surface area contributed by atoms with E-state index >= 15 is 0 Å². The molecule has 0 unspecified atom stereocenters. The molecule has 148 valence electrons. The Bertz CT molecular complexity index is 895. The number of nitrogens with zero attached hydrogens (tertiary/aromatic N) is 2. The summed E-state index contributed by atoms with van der Waals surface area (Å²) in [6, 6.07) is 10.2. The molecular formula is C20H23N3O5. The molecule has 28 heavy (non-hydrogen) atoms. The summed E-state index contributed by atoms with van der Waals surface area (Å²) in [5.41, 5.74) is 1.46. The zero-order valence-corrected chi connectivity index (χ0v) is 16.1. The number of methoxy groups -OCH3 is 2. The van der Waals surface area contributed by atoms with E-state index in [1.807, 2.05) is 12.1 Å². The average molecular weight is 385 g/mol. The molecule has 0 bridgehead atoms. The van der Waals surface area contributed by atoms with Gasteiger partial charge in [-0.05, 0) is 37.1 Å². The molecule has 2 aromatic rings. The Morgan fingerprint density at radius 1 is 1.21 bits per heavy atom. The molecule has 1 saturated carbocycles. The molecule has 0 aliphatic heterocycles. The largest absolute Gasteiger partial charge is 0.497 e.